The van der Waals surface area contributed by atoms with Gasteiger partial charge in [-0.25, -0.2) is 22.5 Å². The molecule has 0 atom stereocenters. The SMILES string of the molecule is COc1ccccc1N(C)S(=O)(=O)c1cc(N2C(=O)Cc3csc(C(=O)O)c3C2=O)c(F)cc1OC. The minimum absolute atomic E-state index is 0.173. The van der Waals surface area contributed by atoms with Crippen molar-refractivity contribution in [3.05, 3.63) is 63.6 Å². The highest BCUT2D eigenvalue weighted by molar-refractivity contribution is 7.93. The second kappa shape index (κ2) is 9.24. The number of fused-ring (bicyclic) bond motifs is 1. The first-order valence-electron chi connectivity index (χ1n) is 10.2. The lowest BCUT2D eigenvalue weighted by Crippen LogP contribution is -2.43. The molecular weight excluding hydrogens is 515 g/mol. The van der Waals surface area contributed by atoms with Crippen LogP contribution < -0.4 is 18.7 Å². The third-order valence-electron chi connectivity index (χ3n) is 5.61. The number of carboxylic acids is 1. The van der Waals surface area contributed by atoms with E-state index in [9.17, 15) is 27.9 Å². The smallest absolute Gasteiger partial charge is 0.346 e. The number of hydrogen-bond acceptors (Lipinski definition) is 8. The summed E-state index contributed by atoms with van der Waals surface area (Å²) in [5.41, 5.74) is -0.503. The highest BCUT2D eigenvalue weighted by Crippen LogP contribution is 2.39. The van der Waals surface area contributed by atoms with Crippen molar-refractivity contribution in [1.82, 2.24) is 0 Å². The summed E-state index contributed by atoms with van der Waals surface area (Å²) in [5, 5.41) is 10.8. The van der Waals surface area contributed by atoms with Crippen LogP contribution in [0.5, 0.6) is 11.5 Å². The van der Waals surface area contributed by atoms with Crippen molar-refractivity contribution in [2.24, 2.45) is 0 Å². The van der Waals surface area contributed by atoms with E-state index in [2.05, 4.69) is 0 Å². The molecule has 1 aromatic heterocycles. The molecule has 0 spiro atoms. The summed E-state index contributed by atoms with van der Waals surface area (Å²) in [5.74, 6) is -4.50. The van der Waals surface area contributed by atoms with Gasteiger partial charge in [0, 0.05) is 13.1 Å². The lowest BCUT2D eigenvalue weighted by molar-refractivity contribution is -0.117. The normalized spacial score (nSPS) is 13.4. The molecule has 36 heavy (non-hydrogen) atoms. The van der Waals surface area contributed by atoms with Gasteiger partial charge in [-0.2, -0.15) is 0 Å². The number of carboxylic acid groups (broad SMARTS) is 1. The van der Waals surface area contributed by atoms with Crippen molar-refractivity contribution in [2.45, 2.75) is 11.3 Å². The fourth-order valence-electron chi connectivity index (χ4n) is 3.85. The number of hydrogen-bond donors (Lipinski definition) is 1. The van der Waals surface area contributed by atoms with Crippen molar-refractivity contribution in [1.29, 1.82) is 0 Å². The Kier molecular flexibility index (Phi) is 6.45. The van der Waals surface area contributed by atoms with Gasteiger partial charge in [-0.3, -0.25) is 13.9 Å². The molecule has 1 aliphatic heterocycles. The van der Waals surface area contributed by atoms with Crippen LogP contribution in [0.2, 0.25) is 0 Å². The average molecular weight is 535 g/mol. The first kappa shape index (κ1) is 25.1. The number of para-hydroxylation sites is 2. The molecule has 0 bridgehead atoms. The first-order chi connectivity index (χ1) is 17.0. The van der Waals surface area contributed by atoms with Gasteiger partial charge in [0.15, 0.2) is 5.82 Å². The summed E-state index contributed by atoms with van der Waals surface area (Å²) in [4.78, 5) is 37.2. The molecule has 1 N–H and O–H groups in total. The topological polar surface area (TPSA) is 131 Å². The molecule has 0 saturated heterocycles. The van der Waals surface area contributed by atoms with E-state index in [0.717, 1.165) is 34.9 Å². The predicted octanol–water partition coefficient (Wildman–Crippen LogP) is 3.16. The van der Waals surface area contributed by atoms with Crippen LogP contribution in [-0.4, -0.2) is 52.6 Å². The molecule has 0 aliphatic carbocycles. The molecule has 2 amide bonds. The van der Waals surface area contributed by atoms with Crippen LogP contribution in [0.4, 0.5) is 15.8 Å². The number of aromatic carboxylic acids is 1. The number of rotatable bonds is 7. The van der Waals surface area contributed by atoms with Gasteiger partial charge in [0.05, 0.1) is 37.6 Å². The Bertz CT molecular complexity index is 1520. The highest BCUT2D eigenvalue weighted by Gasteiger charge is 2.39. The monoisotopic (exact) mass is 534 g/mol. The third-order valence-corrected chi connectivity index (χ3v) is 8.42. The minimum Gasteiger partial charge on any atom is -0.495 e. The zero-order valence-corrected chi connectivity index (χ0v) is 20.8. The van der Waals surface area contributed by atoms with Crippen LogP contribution in [0, 0.1) is 5.82 Å². The molecule has 188 valence electrons. The number of thiophene rings is 1. The van der Waals surface area contributed by atoms with Gasteiger partial charge in [-0.1, -0.05) is 12.1 Å². The van der Waals surface area contributed by atoms with Crippen molar-refractivity contribution < 1.29 is 41.8 Å². The van der Waals surface area contributed by atoms with Gasteiger partial charge >= 0.3 is 5.97 Å². The number of nitrogens with zero attached hydrogens (tertiary/aromatic N) is 2. The van der Waals surface area contributed by atoms with Gasteiger partial charge in [-0.05, 0) is 29.1 Å². The van der Waals surface area contributed by atoms with Crippen molar-refractivity contribution in [3.8, 4) is 11.5 Å². The Hall–Kier alpha value is -3.97. The summed E-state index contributed by atoms with van der Waals surface area (Å²) < 4.78 is 53.6. The van der Waals surface area contributed by atoms with Gasteiger partial charge < -0.3 is 14.6 Å². The molecule has 1 aliphatic rings. The summed E-state index contributed by atoms with van der Waals surface area (Å²) in [6, 6.07) is 7.87. The Balaban J connectivity index is 1.87. The number of anilines is 2. The molecule has 13 heteroatoms. The van der Waals surface area contributed by atoms with E-state index >= 15 is 4.39 Å². The third kappa shape index (κ3) is 3.95. The van der Waals surface area contributed by atoms with Crippen LogP contribution in [-0.2, 0) is 21.2 Å². The second-order valence-corrected chi connectivity index (χ2v) is 10.4. The van der Waals surface area contributed by atoms with Crippen LogP contribution in [0.3, 0.4) is 0 Å². The van der Waals surface area contributed by atoms with Crippen molar-refractivity contribution >= 4 is 50.5 Å². The molecule has 0 unspecified atom stereocenters. The quantitative estimate of drug-likeness (QED) is 0.458. The van der Waals surface area contributed by atoms with Gasteiger partial charge in [0.2, 0.25) is 5.91 Å². The van der Waals surface area contributed by atoms with Gasteiger partial charge in [0.1, 0.15) is 21.3 Å². The molecular formula is C23H19FN2O8S2. The number of imide groups is 1. The number of amides is 2. The molecule has 4 rings (SSSR count). The summed E-state index contributed by atoms with van der Waals surface area (Å²) >= 11 is 0.772. The first-order valence-corrected chi connectivity index (χ1v) is 12.5. The highest BCUT2D eigenvalue weighted by atomic mass is 32.2. The molecule has 3 aromatic rings. The van der Waals surface area contributed by atoms with Crippen LogP contribution in [0.15, 0.2) is 46.7 Å². The van der Waals surface area contributed by atoms with Crippen LogP contribution in [0.1, 0.15) is 25.6 Å². The van der Waals surface area contributed by atoms with Crippen molar-refractivity contribution in [2.75, 3.05) is 30.5 Å². The largest absolute Gasteiger partial charge is 0.495 e. The van der Waals surface area contributed by atoms with E-state index in [-0.39, 0.29) is 39.6 Å². The summed E-state index contributed by atoms with van der Waals surface area (Å²) in [7, 11) is -0.666. The fraction of sp³-hybridized carbons (Fsp3) is 0.174. The van der Waals surface area contributed by atoms with Crippen molar-refractivity contribution in [3.63, 3.8) is 0 Å². The zero-order chi connectivity index (χ0) is 26.4. The molecule has 2 heterocycles. The number of benzene rings is 2. The number of sulfonamides is 1. The Labute approximate surface area is 209 Å². The Morgan fingerprint density at radius 2 is 1.81 bits per heavy atom. The Morgan fingerprint density at radius 3 is 2.44 bits per heavy atom. The standard InChI is InChI=1S/C23H19FN2O8S2/c1-25(14-6-4-5-7-16(14)33-2)36(31,32)18-10-15(13(24)9-17(18)34-3)26-19(27)8-12-11-35-21(23(29)30)20(12)22(26)28/h4-7,9-11H,8H2,1-3H3,(H,29,30). The summed E-state index contributed by atoms with van der Waals surface area (Å²) in [6.07, 6.45) is -0.362. The van der Waals surface area contributed by atoms with E-state index in [0.29, 0.717) is 4.90 Å². The number of carbonyl (C=O) groups excluding carboxylic acids is 2. The van der Waals surface area contributed by atoms with E-state index in [1.165, 1.54) is 25.6 Å². The molecule has 10 nitrogen and oxygen atoms in total. The van der Waals surface area contributed by atoms with Crippen LogP contribution >= 0.6 is 11.3 Å². The average Bonchev–Trinajstić information content (AvgIpc) is 3.28. The minimum atomic E-state index is -4.43. The number of carbonyl (C=O) groups is 3. The molecule has 0 saturated carbocycles. The molecule has 2 aromatic carbocycles. The molecule has 0 fully saturated rings. The maximum absolute atomic E-state index is 15.2. The number of ether oxygens (including phenoxy) is 2. The van der Waals surface area contributed by atoms with E-state index in [4.69, 9.17) is 9.47 Å². The lowest BCUT2D eigenvalue weighted by Gasteiger charge is -2.27. The second-order valence-electron chi connectivity index (χ2n) is 7.58. The van der Waals surface area contributed by atoms with Gasteiger partial charge in [-0.15, -0.1) is 11.3 Å². The van der Waals surface area contributed by atoms with E-state index in [1.807, 2.05) is 0 Å². The summed E-state index contributed by atoms with van der Waals surface area (Å²) in [6.45, 7) is 0. The lowest BCUT2D eigenvalue weighted by atomic mass is 10.0. The fourth-order valence-corrected chi connectivity index (χ4v) is 6.11. The van der Waals surface area contributed by atoms with E-state index < -0.39 is 44.2 Å². The maximum atomic E-state index is 15.2. The number of methoxy groups -OCH3 is 2. The zero-order valence-electron chi connectivity index (χ0n) is 19.1. The maximum Gasteiger partial charge on any atom is 0.346 e. The van der Waals surface area contributed by atoms with Crippen LogP contribution in [0.25, 0.3) is 0 Å². The molecule has 0 radical (unpaired) electrons. The van der Waals surface area contributed by atoms with E-state index in [1.54, 1.807) is 18.2 Å². The Morgan fingerprint density at radius 1 is 1.14 bits per heavy atom. The predicted molar refractivity (Wildman–Crippen MR) is 128 cm³/mol. The van der Waals surface area contributed by atoms with Gasteiger partial charge in [0.25, 0.3) is 15.9 Å². The number of halogens is 1.